The molecule has 3 rings (SSSR count). The lowest BCUT2D eigenvalue weighted by molar-refractivity contribution is 0.0473. The van der Waals surface area contributed by atoms with E-state index < -0.39 is 35.6 Å². The highest BCUT2D eigenvalue weighted by Gasteiger charge is 2.16. The Morgan fingerprint density at radius 3 is 2.71 bits per heavy atom. The van der Waals surface area contributed by atoms with Gasteiger partial charge in [0, 0.05) is 5.38 Å². The highest BCUT2D eigenvalue weighted by molar-refractivity contribution is 7.09. The number of ketones is 1. The molecular formula is C20H15F2NO4S. The van der Waals surface area contributed by atoms with Crippen molar-refractivity contribution >= 4 is 23.1 Å². The van der Waals surface area contributed by atoms with Crippen LogP contribution in [-0.4, -0.2) is 23.3 Å². The number of halogens is 2. The van der Waals surface area contributed by atoms with Crippen molar-refractivity contribution in [2.45, 2.75) is 13.5 Å². The number of benzene rings is 2. The Morgan fingerprint density at radius 1 is 1.14 bits per heavy atom. The van der Waals surface area contributed by atoms with Crippen molar-refractivity contribution in [2.24, 2.45) is 0 Å². The third kappa shape index (κ3) is 4.98. The number of aromatic nitrogens is 1. The number of rotatable bonds is 7. The van der Waals surface area contributed by atoms with Crippen LogP contribution in [0.2, 0.25) is 0 Å². The molecule has 28 heavy (non-hydrogen) atoms. The molecule has 0 spiro atoms. The first-order valence-corrected chi connectivity index (χ1v) is 9.09. The number of nitrogens with zero attached hydrogens (tertiary/aromatic N) is 1. The minimum absolute atomic E-state index is 0.166. The first kappa shape index (κ1) is 19.6. The van der Waals surface area contributed by atoms with Gasteiger partial charge in [0.1, 0.15) is 24.0 Å². The highest BCUT2D eigenvalue weighted by atomic mass is 32.1. The zero-order valence-corrected chi connectivity index (χ0v) is 15.6. The van der Waals surface area contributed by atoms with Crippen molar-refractivity contribution < 1.29 is 27.8 Å². The number of esters is 1. The van der Waals surface area contributed by atoms with Gasteiger partial charge in [0.25, 0.3) is 0 Å². The molecule has 0 saturated carbocycles. The zero-order valence-electron chi connectivity index (χ0n) is 14.8. The average Bonchev–Trinajstić information content (AvgIpc) is 3.11. The van der Waals surface area contributed by atoms with E-state index in [1.165, 1.54) is 23.5 Å². The van der Waals surface area contributed by atoms with Crippen LogP contribution in [0.15, 0.2) is 47.8 Å². The van der Waals surface area contributed by atoms with Crippen LogP contribution >= 0.6 is 11.3 Å². The van der Waals surface area contributed by atoms with Crippen molar-refractivity contribution in [1.82, 2.24) is 4.98 Å². The Balaban J connectivity index is 1.59. The van der Waals surface area contributed by atoms with Crippen LogP contribution in [0.1, 0.15) is 31.4 Å². The average molecular weight is 403 g/mol. The second-order valence-electron chi connectivity index (χ2n) is 5.80. The first-order valence-electron chi connectivity index (χ1n) is 8.21. The topological polar surface area (TPSA) is 65.5 Å². The third-order valence-corrected chi connectivity index (χ3v) is 4.51. The Hall–Kier alpha value is -3.13. The quantitative estimate of drug-likeness (QED) is 0.434. The summed E-state index contributed by atoms with van der Waals surface area (Å²) in [7, 11) is 0. The second kappa shape index (κ2) is 8.71. The molecule has 0 aliphatic rings. The second-order valence-corrected chi connectivity index (χ2v) is 6.86. The molecule has 0 aliphatic carbocycles. The molecule has 8 heteroatoms. The fraction of sp³-hybridized carbons (Fsp3) is 0.150. The van der Waals surface area contributed by atoms with Crippen molar-refractivity contribution in [3.8, 4) is 5.75 Å². The molecule has 0 N–H and O–H groups in total. The maximum atomic E-state index is 13.6. The van der Waals surface area contributed by atoms with E-state index in [2.05, 4.69) is 4.98 Å². The standard InChI is InChI=1S/C20H15F2NO4S/c1-12-23-15(11-28-12)9-26-16-4-2-3-13(7-16)20(25)27-10-19(24)17-8-14(21)5-6-18(17)22/h2-8,11H,9-10H2,1H3. The molecule has 5 nitrogen and oxygen atoms in total. The Kier molecular flexibility index (Phi) is 6.10. The molecule has 0 fully saturated rings. The SMILES string of the molecule is Cc1nc(COc2cccc(C(=O)OCC(=O)c3cc(F)ccc3F)c2)cs1. The lowest BCUT2D eigenvalue weighted by Gasteiger charge is -2.08. The molecule has 0 aliphatic heterocycles. The van der Waals surface area contributed by atoms with E-state index in [9.17, 15) is 18.4 Å². The van der Waals surface area contributed by atoms with Crippen molar-refractivity contribution in [2.75, 3.05) is 6.61 Å². The number of Topliss-reactive ketones (excluding diaryl/α,β-unsaturated/α-hetero) is 1. The number of hydrogen-bond donors (Lipinski definition) is 0. The Bertz CT molecular complexity index is 1020. The van der Waals surface area contributed by atoms with Crippen molar-refractivity contribution in [3.05, 3.63) is 81.3 Å². The van der Waals surface area contributed by atoms with E-state index in [0.717, 1.165) is 28.9 Å². The summed E-state index contributed by atoms with van der Waals surface area (Å²) in [5, 5.41) is 2.81. The predicted molar refractivity (Wildman–Crippen MR) is 98.6 cm³/mol. The van der Waals surface area contributed by atoms with Crippen LogP contribution in [0.5, 0.6) is 5.75 Å². The van der Waals surface area contributed by atoms with Crippen LogP contribution in [0.4, 0.5) is 8.78 Å². The summed E-state index contributed by atoms with van der Waals surface area (Å²) in [5.41, 5.74) is 0.473. The van der Waals surface area contributed by atoms with Gasteiger partial charge in [-0.2, -0.15) is 0 Å². The van der Waals surface area contributed by atoms with Gasteiger partial charge in [-0.05, 0) is 43.3 Å². The molecule has 0 saturated heterocycles. The van der Waals surface area contributed by atoms with Gasteiger partial charge in [0.2, 0.25) is 5.78 Å². The van der Waals surface area contributed by atoms with Crippen LogP contribution in [0.25, 0.3) is 0 Å². The maximum absolute atomic E-state index is 13.6. The van der Waals surface area contributed by atoms with E-state index in [1.807, 2.05) is 12.3 Å². The summed E-state index contributed by atoms with van der Waals surface area (Å²) < 4.78 is 37.3. The number of thiazole rings is 1. The molecular weight excluding hydrogens is 388 g/mol. The van der Waals surface area contributed by atoms with E-state index in [0.29, 0.717) is 5.75 Å². The van der Waals surface area contributed by atoms with Crippen molar-refractivity contribution in [1.29, 1.82) is 0 Å². The Labute approximate surface area is 163 Å². The normalized spacial score (nSPS) is 10.5. The molecule has 1 aromatic heterocycles. The van der Waals surface area contributed by atoms with Gasteiger partial charge in [0.15, 0.2) is 6.61 Å². The van der Waals surface area contributed by atoms with E-state index >= 15 is 0 Å². The minimum Gasteiger partial charge on any atom is -0.487 e. The number of hydrogen-bond acceptors (Lipinski definition) is 6. The molecule has 144 valence electrons. The molecule has 1 heterocycles. The smallest absolute Gasteiger partial charge is 0.338 e. The van der Waals surface area contributed by atoms with Gasteiger partial charge in [-0.3, -0.25) is 4.79 Å². The van der Waals surface area contributed by atoms with Crippen LogP contribution < -0.4 is 4.74 Å². The van der Waals surface area contributed by atoms with Gasteiger partial charge in [-0.1, -0.05) is 6.07 Å². The maximum Gasteiger partial charge on any atom is 0.338 e. The molecule has 0 unspecified atom stereocenters. The molecule has 0 bridgehead atoms. The van der Waals surface area contributed by atoms with Crippen LogP contribution in [0, 0.1) is 18.6 Å². The molecule has 0 amide bonds. The summed E-state index contributed by atoms with van der Waals surface area (Å²) in [6, 6.07) is 8.74. The number of carbonyl (C=O) groups is 2. The summed E-state index contributed by atoms with van der Waals surface area (Å²) in [6.07, 6.45) is 0. The zero-order chi connectivity index (χ0) is 20.1. The van der Waals surface area contributed by atoms with E-state index in [4.69, 9.17) is 9.47 Å². The van der Waals surface area contributed by atoms with Gasteiger partial charge in [-0.15, -0.1) is 11.3 Å². The molecule has 2 aromatic carbocycles. The van der Waals surface area contributed by atoms with Gasteiger partial charge in [-0.25, -0.2) is 18.6 Å². The third-order valence-electron chi connectivity index (χ3n) is 3.69. The Morgan fingerprint density at radius 2 is 1.96 bits per heavy atom. The summed E-state index contributed by atoms with van der Waals surface area (Å²) in [5.74, 6) is -2.81. The van der Waals surface area contributed by atoms with Gasteiger partial charge >= 0.3 is 5.97 Å². The predicted octanol–water partition coefficient (Wildman–Crippen LogP) is 4.35. The highest BCUT2D eigenvalue weighted by Crippen LogP contribution is 2.17. The lowest BCUT2D eigenvalue weighted by atomic mass is 10.1. The molecule has 3 aromatic rings. The van der Waals surface area contributed by atoms with Gasteiger partial charge < -0.3 is 9.47 Å². The summed E-state index contributed by atoms with van der Waals surface area (Å²) in [6.45, 7) is 1.43. The van der Waals surface area contributed by atoms with Gasteiger partial charge in [0.05, 0.1) is 21.8 Å². The number of carbonyl (C=O) groups excluding carboxylic acids is 2. The van der Waals surface area contributed by atoms with E-state index in [-0.39, 0.29) is 12.2 Å². The first-order chi connectivity index (χ1) is 13.4. The summed E-state index contributed by atoms with van der Waals surface area (Å²) in [4.78, 5) is 28.4. The fourth-order valence-corrected chi connectivity index (χ4v) is 2.95. The fourth-order valence-electron chi connectivity index (χ4n) is 2.35. The molecule has 0 atom stereocenters. The minimum atomic E-state index is -0.880. The van der Waals surface area contributed by atoms with Crippen molar-refractivity contribution in [3.63, 3.8) is 0 Å². The van der Waals surface area contributed by atoms with E-state index in [1.54, 1.807) is 12.1 Å². The summed E-state index contributed by atoms with van der Waals surface area (Å²) >= 11 is 1.51. The number of aryl methyl sites for hydroxylation is 1. The largest absolute Gasteiger partial charge is 0.487 e. The monoisotopic (exact) mass is 403 g/mol. The van der Waals surface area contributed by atoms with Crippen LogP contribution in [-0.2, 0) is 11.3 Å². The lowest BCUT2D eigenvalue weighted by Crippen LogP contribution is -2.15. The number of ether oxygens (including phenoxy) is 2. The molecule has 0 radical (unpaired) electrons. The van der Waals surface area contributed by atoms with Crippen LogP contribution in [0.3, 0.4) is 0 Å².